The van der Waals surface area contributed by atoms with E-state index in [9.17, 15) is 9.18 Å². The number of carbonyl (C=O) groups is 1. The molecule has 4 nitrogen and oxygen atoms in total. The average molecular weight is 350 g/mol. The Bertz CT molecular complexity index is 770. The second-order valence-electron chi connectivity index (χ2n) is 4.98. The molecule has 0 aliphatic rings. The van der Waals surface area contributed by atoms with Crippen molar-refractivity contribution in [1.82, 2.24) is 0 Å². The molecule has 0 aromatic heterocycles. The van der Waals surface area contributed by atoms with Crippen molar-refractivity contribution in [2.75, 3.05) is 19.5 Å². The summed E-state index contributed by atoms with van der Waals surface area (Å²) >= 11 is 5.92. The Morgan fingerprint density at radius 1 is 1.21 bits per heavy atom. The third-order valence-electron chi connectivity index (χ3n) is 3.39. The van der Waals surface area contributed by atoms with Crippen molar-refractivity contribution in [3.63, 3.8) is 0 Å². The normalized spacial score (nSPS) is 10.7. The summed E-state index contributed by atoms with van der Waals surface area (Å²) < 4.78 is 24.1. The first kappa shape index (κ1) is 17.8. The minimum absolute atomic E-state index is 0.165. The van der Waals surface area contributed by atoms with E-state index in [1.54, 1.807) is 18.2 Å². The smallest absolute Gasteiger partial charge is 0.248 e. The standard InChI is InChI=1S/C18H17ClFNO3/c1-11-9-16(23-2)17(24-3)10-15(11)21-18(22)8-7-12-13(19)5-4-6-14(12)20/h4-10H,1-3H3,(H,21,22)/b8-7+. The second-order valence-corrected chi connectivity index (χ2v) is 5.39. The van der Waals surface area contributed by atoms with Crippen molar-refractivity contribution in [2.24, 2.45) is 0 Å². The lowest BCUT2D eigenvalue weighted by Gasteiger charge is -2.12. The summed E-state index contributed by atoms with van der Waals surface area (Å²) in [6.45, 7) is 1.83. The molecule has 1 N–H and O–H groups in total. The number of ether oxygens (including phenoxy) is 2. The van der Waals surface area contributed by atoms with E-state index >= 15 is 0 Å². The van der Waals surface area contributed by atoms with Gasteiger partial charge in [0.1, 0.15) is 5.82 Å². The van der Waals surface area contributed by atoms with Crippen LogP contribution in [0.4, 0.5) is 10.1 Å². The fourth-order valence-electron chi connectivity index (χ4n) is 2.12. The number of benzene rings is 2. The van der Waals surface area contributed by atoms with Gasteiger partial charge in [-0.3, -0.25) is 4.79 Å². The van der Waals surface area contributed by atoms with Crippen molar-refractivity contribution in [1.29, 1.82) is 0 Å². The van der Waals surface area contributed by atoms with E-state index in [4.69, 9.17) is 21.1 Å². The summed E-state index contributed by atoms with van der Waals surface area (Å²) in [6.07, 6.45) is 2.56. The van der Waals surface area contributed by atoms with Crippen LogP contribution in [0.15, 0.2) is 36.4 Å². The number of aryl methyl sites for hydroxylation is 1. The zero-order valence-corrected chi connectivity index (χ0v) is 14.3. The van der Waals surface area contributed by atoms with Crippen LogP contribution in [0.2, 0.25) is 5.02 Å². The quantitative estimate of drug-likeness (QED) is 0.811. The van der Waals surface area contributed by atoms with Gasteiger partial charge in [0, 0.05) is 23.4 Å². The lowest BCUT2D eigenvalue weighted by Crippen LogP contribution is -2.09. The zero-order valence-electron chi connectivity index (χ0n) is 13.5. The average Bonchev–Trinajstić information content (AvgIpc) is 2.55. The largest absolute Gasteiger partial charge is 0.493 e. The van der Waals surface area contributed by atoms with Gasteiger partial charge < -0.3 is 14.8 Å². The summed E-state index contributed by atoms with van der Waals surface area (Å²) in [5, 5.41) is 2.96. The number of hydrogen-bond acceptors (Lipinski definition) is 3. The van der Waals surface area contributed by atoms with Crippen molar-refractivity contribution < 1.29 is 18.7 Å². The molecular weight excluding hydrogens is 333 g/mol. The van der Waals surface area contributed by atoms with E-state index in [-0.39, 0.29) is 10.6 Å². The number of halogens is 2. The molecule has 0 unspecified atom stereocenters. The van der Waals surface area contributed by atoms with Crippen LogP contribution in [0.1, 0.15) is 11.1 Å². The van der Waals surface area contributed by atoms with E-state index in [0.717, 1.165) is 5.56 Å². The van der Waals surface area contributed by atoms with Crippen LogP contribution in [-0.2, 0) is 4.79 Å². The molecule has 0 fully saturated rings. The number of anilines is 1. The molecule has 0 bridgehead atoms. The van der Waals surface area contributed by atoms with Crippen molar-refractivity contribution in [3.8, 4) is 11.5 Å². The third-order valence-corrected chi connectivity index (χ3v) is 3.72. The monoisotopic (exact) mass is 349 g/mol. The Morgan fingerprint density at radius 2 is 1.88 bits per heavy atom. The molecule has 6 heteroatoms. The molecular formula is C18H17ClFNO3. The van der Waals surface area contributed by atoms with Gasteiger partial charge in [0.15, 0.2) is 11.5 Å². The maximum Gasteiger partial charge on any atom is 0.248 e. The van der Waals surface area contributed by atoms with E-state index in [1.807, 2.05) is 6.92 Å². The summed E-state index contributed by atoms with van der Waals surface area (Å²) in [7, 11) is 3.05. The highest BCUT2D eigenvalue weighted by atomic mass is 35.5. The SMILES string of the molecule is COc1cc(C)c(NC(=O)/C=C/c2c(F)cccc2Cl)cc1OC. The number of amides is 1. The Balaban J connectivity index is 2.20. The van der Waals surface area contributed by atoms with Crippen LogP contribution in [0.5, 0.6) is 11.5 Å². The number of hydrogen-bond donors (Lipinski definition) is 1. The van der Waals surface area contributed by atoms with Gasteiger partial charge in [-0.2, -0.15) is 0 Å². The van der Waals surface area contributed by atoms with E-state index in [2.05, 4.69) is 5.32 Å². The molecule has 0 heterocycles. The molecule has 2 rings (SSSR count). The highest BCUT2D eigenvalue weighted by Crippen LogP contribution is 2.32. The van der Waals surface area contributed by atoms with Gasteiger partial charge in [-0.1, -0.05) is 17.7 Å². The Kier molecular flexibility index (Phi) is 5.82. The Morgan fingerprint density at radius 3 is 2.50 bits per heavy atom. The highest BCUT2D eigenvalue weighted by Gasteiger charge is 2.10. The van der Waals surface area contributed by atoms with Gasteiger partial charge in [0.2, 0.25) is 5.91 Å². The molecule has 0 aliphatic carbocycles. The molecule has 2 aromatic carbocycles. The number of methoxy groups -OCH3 is 2. The summed E-state index contributed by atoms with van der Waals surface area (Å²) in [6, 6.07) is 7.76. The molecule has 0 spiro atoms. The summed E-state index contributed by atoms with van der Waals surface area (Å²) in [5.41, 5.74) is 1.54. The van der Waals surface area contributed by atoms with E-state index < -0.39 is 11.7 Å². The molecule has 1 amide bonds. The first-order chi connectivity index (χ1) is 11.5. The van der Waals surface area contributed by atoms with Crippen LogP contribution >= 0.6 is 11.6 Å². The maximum atomic E-state index is 13.7. The van der Waals surface area contributed by atoms with Gasteiger partial charge in [-0.25, -0.2) is 4.39 Å². The van der Waals surface area contributed by atoms with Crippen LogP contribution in [-0.4, -0.2) is 20.1 Å². The van der Waals surface area contributed by atoms with Gasteiger partial charge in [0.05, 0.1) is 19.2 Å². The van der Waals surface area contributed by atoms with Crippen molar-refractivity contribution in [2.45, 2.75) is 6.92 Å². The fourth-order valence-corrected chi connectivity index (χ4v) is 2.34. The third kappa shape index (κ3) is 4.06. The second kappa shape index (κ2) is 7.84. The van der Waals surface area contributed by atoms with E-state index in [0.29, 0.717) is 17.2 Å². The molecule has 126 valence electrons. The van der Waals surface area contributed by atoms with Crippen LogP contribution in [0.3, 0.4) is 0 Å². The lowest BCUT2D eigenvalue weighted by molar-refractivity contribution is -0.111. The highest BCUT2D eigenvalue weighted by molar-refractivity contribution is 6.32. The number of rotatable bonds is 5. The van der Waals surface area contributed by atoms with Crippen LogP contribution in [0, 0.1) is 12.7 Å². The Hall–Kier alpha value is -2.53. The van der Waals surface area contributed by atoms with Gasteiger partial charge in [0.25, 0.3) is 0 Å². The predicted molar refractivity (Wildman–Crippen MR) is 93.4 cm³/mol. The molecule has 0 saturated carbocycles. The first-order valence-electron chi connectivity index (χ1n) is 7.12. The van der Waals surface area contributed by atoms with Gasteiger partial charge in [-0.05, 0) is 36.8 Å². The minimum Gasteiger partial charge on any atom is -0.493 e. The number of carbonyl (C=O) groups excluding carboxylic acids is 1. The van der Waals surface area contributed by atoms with Crippen molar-refractivity contribution >= 4 is 29.3 Å². The van der Waals surface area contributed by atoms with Gasteiger partial charge >= 0.3 is 0 Å². The molecule has 0 aliphatic heterocycles. The molecule has 2 aromatic rings. The summed E-state index contributed by atoms with van der Waals surface area (Å²) in [5.74, 6) is 0.166. The van der Waals surface area contributed by atoms with Gasteiger partial charge in [-0.15, -0.1) is 0 Å². The topological polar surface area (TPSA) is 47.6 Å². The lowest BCUT2D eigenvalue weighted by atomic mass is 10.1. The van der Waals surface area contributed by atoms with E-state index in [1.165, 1.54) is 38.5 Å². The molecule has 0 atom stereocenters. The molecule has 24 heavy (non-hydrogen) atoms. The zero-order chi connectivity index (χ0) is 17.7. The fraction of sp³-hybridized carbons (Fsp3) is 0.167. The van der Waals surface area contributed by atoms with Crippen LogP contribution in [0.25, 0.3) is 6.08 Å². The molecule has 0 saturated heterocycles. The first-order valence-corrected chi connectivity index (χ1v) is 7.49. The minimum atomic E-state index is -0.492. The molecule has 0 radical (unpaired) electrons. The van der Waals surface area contributed by atoms with Crippen LogP contribution < -0.4 is 14.8 Å². The Labute approximate surface area is 144 Å². The predicted octanol–water partition coefficient (Wildman–Crippen LogP) is 4.46. The summed E-state index contributed by atoms with van der Waals surface area (Å²) in [4.78, 5) is 12.1. The van der Waals surface area contributed by atoms with Crippen molar-refractivity contribution in [3.05, 3.63) is 58.4 Å². The number of nitrogens with one attached hydrogen (secondary N) is 1. The maximum absolute atomic E-state index is 13.7.